The molecule has 5 heteroatoms. The van der Waals surface area contributed by atoms with Gasteiger partial charge in [-0.3, -0.25) is 4.90 Å². The summed E-state index contributed by atoms with van der Waals surface area (Å²) in [5.74, 6) is 0.477. The summed E-state index contributed by atoms with van der Waals surface area (Å²) in [4.78, 5) is 12.8. The van der Waals surface area contributed by atoms with E-state index in [1.165, 1.54) is 6.26 Å². The van der Waals surface area contributed by atoms with Crippen molar-refractivity contribution in [2.75, 3.05) is 14.2 Å². The van der Waals surface area contributed by atoms with E-state index in [1.807, 2.05) is 36.2 Å². The highest BCUT2D eigenvalue weighted by atomic mass is 16.5. The largest absolute Gasteiger partial charge is 0.497 e. The standard InChI is InChI=1S/C15H17NO4/c1-16(8-11-4-3-5-13(6-11)19-2)9-14-7-12(10-20-14)15(17)18/h3-7,10H,8-9H2,1-2H3,(H,17,18). The van der Waals surface area contributed by atoms with Gasteiger partial charge in [0.25, 0.3) is 0 Å². The van der Waals surface area contributed by atoms with E-state index in [2.05, 4.69) is 0 Å². The molecule has 0 radical (unpaired) electrons. The maximum Gasteiger partial charge on any atom is 0.338 e. The Kier molecular flexibility index (Phi) is 4.42. The zero-order valence-corrected chi connectivity index (χ0v) is 11.5. The maximum atomic E-state index is 10.8. The van der Waals surface area contributed by atoms with Crippen LogP contribution in [0.15, 0.2) is 41.0 Å². The number of nitrogens with zero attached hydrogens (tertiary/aromatic N) is 1. The lowest BCUT2D eigenvalue weighted by atomic mass is 10.2. The fourth-order valence-electron chi connectivity index (χ4n) is 1.98. The molecule has 0 amide bonds. The van der Waals surface area contributed by atoms with Gasteiger partial charge in [0.1, 0.15) is 17.8 Å². The molecule has 1 heterocycles. The molecule has 0 bridgehead atoms. The predicted molar refractivity (Wildman–Crippen MR) is 73.8 cm³/mol. The van der Waals surface area contributed by atoms with E-state index in [-0.39, 0.29) is 5.56 Å². The molecule has 0 saturated carbocycles. The van der Waals surface area contributed by atoms with Gasteiger partial charge >= 0.3 is 5.97 Å². The van der Waals surface area contributed by atoms with Crippen LogP contribution in [0.1, 0.15) is 21.7 Å². The molecular weight excluding hydrogens is 258 g/mol. The normalized spacial score (nSPS) is 10.8. The fourth-order valence-corrected chi connectivity index (χ4v) is 1.98. The first-order valence-electron chi connectivity index (χ1n) is 6.20. The number of carboxylic acid groups (broad SMARTS) is 1. The van der Waals surface area contributed by atoms with E-state index in [0.29, 0.717) is 12.3 Å². The molecule has 0 aliphatic heterocycles. The number of ether oxygens (including phenoxy) is 1. The lowest BCUT2D eigenvalue weighted by molar-refractivity contribution is 0.0696. The molecule has 0 fully saturated rings. The molecule has 0 aliphatic rings. The number of hydrogen-bond donors (Lipinski definition) is 1. The molecule has 0 atom stereocenters. The van der Waals surface area contributed by atoms with Gasteiger partial charge in [-0.2, -0.15) is 0 Å². The highest BCUT2D eigenvalue weighted by Gasteiger charge is 2.10. The number of rotatable bonds is 6. The second kappa shape index (κ2) is 6.25. The summed E-state index contributed by atoms with van der Waals surface area (Å²) < 4.78 is 10.4. The quantitative estimate of drug-likeness (QED) is 0.878. The van der Waals surface area contributed by atoms with Crippen LogP contribution in [0.4, 0.5) is 0 Å². The van der Waals surface area contributed by atoms with E-state index in [0.717, 1.165) is 17.9 Å². The van der Waals surface area contributed by atoms with Gasteiger partial charge in [0.2, 0.25) is 0 Å². The first-order valence-corrected chi connectivity index (χ1v) is 6.20. The monoisotopic (exact) mass is 275 g/mol. The van der Waals surface area contributed by atoms with Crippen LogP contribution in [0, 0.1) is 0 Å². The van der Waals surface area contributed by atoms with Crippen LogP contribution in [0.3, 0.4) is 0 Å². The average molecular weight is 275 g/mol. The zero-order chi connectivity index (χ0) is 14.5. The Labute approximate surface area is 117 Å². The summed E-state index contributed by atoms with van der Waals surface area (Å²) in [6.07, 6.45) is 1.26. The summed E-state index contributed by atoms with van der Waals surface area (Å²) in [6.45, 7) is 1.27. The number of carboxylic acids is 1. The molecule has 1 aromatic carbocycles. The maximum absolute atomic E-state index is 10.8. The Morgan fingerprint density at radius 3 is 2.80 bits per heavy atom. The van der Waals surface area contributed by atoms with Crippen molar-refractivity contribution in [2.45, 2.75) is 13.1 Å². The zero-order valence-electron chi connectivity index (χ0n) is 11.5. The van der Waals surface area contributed by atoms with Crippen molar-refractivity contribution in [1.82, 2.24) is 4.90 Å². The van der Waals surface area contributed by atoms with Gasteiger partial charge in [0.15, 0.2) is 0 Å². The Balaban J connectivity index is 1.97. The minimum absolute atomic E-state index is 0.176. The summed E-state index contributed by atoms with van der Waals surface area (Å²) >= 11 is 0. The Morgan fingerprint density at radius 2 is 2.15 bits per heavy atom. The Bertz CT molecular complexity index is 591. The number of benzene rings is 1. The third kappa shape index (κ3) is 3.61. The van der Waals surface area contributed by atoms with Crippen molar-refractivity contribution in [3.05, 3.63) is 53.5 Å². The molecule has 2 aromatic rings. The number of carbonyl (C=O) groups is 1. The van der Waals surface area contributed by atoms with Gasteiger partial charge in [-0.15, -0.1) is 0 Å². The molecule has 1 aromatic heterocycles. The molecular formula is C15H17NO4. The van der Waals surface area contributed by atoms with Gasteiger partial charge in [-0.1, -0.05) is 12.1 Å². The summed E-state index contributed by atoms with van der Waals surface area (Å²) in [5, 5.41) is 8.84. The van der Waals surface area contributed by atoms with E-state index in [1.54, 1.807) is 13.2 Å². The molecule has 1 N–H and O–H groups in total. The van der Waals surface area contributed by atoms with Gasteiger partial charge in [-0.25, -0.2) is 4.79 Å². The number of hydrogen-bond acceptors (Lipinski definition) is 4. The minimum atomic E-state index is -0.976. The third-order valence-corrected chi connectivity index (χ3v) is 2.91. The molecule has 0 spiro atoms. The van der Waals surface area contributed by atoms with Gasteiger partial charge < -0.3 is 14.3 Å². The molecule has 5 nitrogen and oxygen atoms in total. The van der Waals surface area contributed by atoms with Crippen LogP contribution in [-0.2, 0) is 13.1 Å². The van der Waals surface area contributed by atoms with Crippen LogP contribution < -0.4 is 4.74 Å². The molecule has 106 valence electrons. The average Bonchev–Trinajstić information content (AvgIpc) is 2.87. The highest BCUT2D eigenvalue weighted by molar-refractivity contribution is 5.87. The number of aromatic carboxylic acids is 1. The molecule has 20 heavy (non-hydrogen) atoms. The van der Waals surface area contributed by atoms with Gasteiger partial charge in [0.05, 0.1) is 19.2 Å². The summed E-state index contributed by atoms with van der Waals surface area (Å²) in [6, 6.07) is 9.38. The van der Waals surface area contributed by atoms with Crippen molar-refractivity contribution in [3.8, 4) is 5.75 Å². The topological polar surface area (TPSA) is 62.9 Å². The highest BCUT2D eigenvalue weighted by Crippen LogP contribution is 2.16. The van der Waals surface area contributed by atoms with Gasteiger partial charge in [0, 0.05) is 6.54 Å². The van der Waals surface area contributed by atoms with Crippen molar-refractivity contribution >= 4 is 5.97 Å². The van der Waals surface area contributed by atoms with Crippen LogP contribution >= 0.6 is 0 Å². The summed E-state index contributed by atoms with van der Waals surface area (Å²) in [7, 11) is 3.58. The van der Waals surface area contributed by atoms with Crippen LogP contribution in [0.25, 0.3) is 0 Å². The van der Waals surface area contributed by atoms with E-state index in [9.17, 15) is 4.79 Å². The number of methoxy groups -OCH3 is 1. The van der Waals surface area contributed by atoms with E-state index >= 15 is 0 Å². The van der Waals surface area contributed by atoms with Crippen molar-refractivity contribution in [3.63, 3.8) is 0 Å². The SMILES string of the molecule is COc1cccc(CN(C)Cc2cc(C(=O)O)co2)c1. The second-order valence-electron chi connectivity index (χ2n) is 4.63. The number of furan rings is 1. The molecule has 2 rings (SSSR count). The lowest BCUT2D eigenvalue weighted by Crippen LogP contribution is -2.16. The lowest BCUT2D eigenvalue weighted by Gasteiger charge is -2.15. The van der Waals surface area contributed by atoms with Crippen molar-refractivity contribution in [1.29, 1.82) is 0 Å². The van der Waals surface area contributed by atoms with E-state index < -0.39 is 5.97 Å². The first-order chi connectivity index (χ1) is 9.58. The fraction of sp³-hybridized carbons (Fsp3) is 0.267. The first kappa shape index (κ1) is 14.1. The van der Waals surface area contributed by atoms with Crippen molar-refractivity contribution in [2.24, 2.45) is 0 Å². The smallest absolute Gasteiger partial charge is 0.338 e. The van der Waals surface area contributed by atoms with Crippen molar-refractivity contribution < 1.29 is 19.1 Å². The Hall–Kier alpha value is -2.27. The van der Waals surface area contributed by atoms with Gasteiger partial charge in [-0.05, 0) is 30.8 Å². The Morgan fingerprint density at radius 1 is 1.35 bits per heavy atom. The van der Waals surface area contributed by atoms with Crippen LogP contribution in [-0.4, -0.2) is 30.1 Å². The third-order valence-electron chi connectivity index (χ3n) is 2.91. The predicted octanol–water partition coefficient (Wildman–Crippen LogP) is 2.62. The van der Waals surface area contributed by atoms with Crippen LogP contribution in [0.2, 0.25) is 0 Å². The summed E-state index contributed by atoms with van der Waals surface area (Å²) in [5.41, 5.74) is 1.30. The van der Waals surface area contributed by atoms with Crippen LogP contribution in [0.5, 0.6) is 5.75 Å². The molecule has 0 aliphatic carbocycles. The minimum Gasteiger partial charge on any atom is -0.497 e. The van der Waals surface area contributed by atoms with E-state index in [4.69, 9.17) is 14.3 Å². The second-order valence-corrected chi connectivity index (χ2v) is 4.63. The molecule has 0 unspecified atom stereocenters. The molecule has 0 saturated heterocycles.